The van der Waals surface area contributed by atoms with Crippen molar-refractivity contribution in [3.8, 4) is 0 Å². The van der Waals surface area contributed by atoms with E-state index in [1.807, 2.05) is 0 Å². The predicted octanol–water partition coefficient (Wildman–Crippen LogP) is 4.31. The Bertz CT molecular complexity index is 644. The number of carbonyl (C=O) groups is 2. The van der Waals surface area contributed by atoms with E-state index in [-0.39, 0.29) is 5.41 Å². The van der Waals surface area contributed by atoms with Crippen molar-refractivity contribution in [2.75, 3.05) is 5.32 Å². The third-order valence-corrected chi connectivity index (χ3v) is 5.91. The lowest BCUT2D eigenvalue weighted by atomic mass is 9.72. The summed E-state index contributed by atoms with van der Waals surface area (Å²) in [5.74, 6) is -0.863. The Labute approximate surface area is 154 Å². The maximum atomic E-state index is 11.9. The van der Waals surface area contributed by atoms with Gasteiger partial charge < -0.3 is 11.1 Å². The molecule has 2 amide bonds. The van der Waals surface area contributed by atoms with Gasteiger partial charge in [-0.05, 0) is 36.2 Å². The minimum Gasteiger partial charge on any atom is -0.365 e. The van der Waals surface area contributed by atoms with Gasteiger partial charge in [-0.2, -0.15) is 0 Å². The molecule has 1 aromatic rings. The molecule has 8 heteroatoms. The van der Waals surface area contributed by atoms with Crippen molar-refractivity contribution < 1.29 is 9.59 Å². The van der Waals surface area contributed by atoms with E-state index in [1.54, 1.807) is 0 Å². The molecule has 1 aliphatic rings. The van der Waals surface area contributed by atoms with Crippen LogP contribution in [0.1, 0.15) is 48.0 Å². The number of carbonyl (C=O) groups excluding carboxylic acids is 2. The van der Waals surface area contributed by atoms with Crippen molar-refractivity contribution in [2.24, 2.45) is 17.1 Å². The first-order chi connectivity index (χ1) is 10.4. The number of fused-ring (bicyclic) bond motifs is 1. The molecule has 0 saturated carbocycles. The number of hydrogen-bond acceptors (Lipinski definition) is 3. The monoisotopic (exact) mass is 396 g/mol. The number of thiophene rings is 1. The summed E-state index contributed by atoms with van der Waals surface area (Å²) in [7, 11) is 0. The van der Waals surface area contributed by atoms with Crippen LogP contribution in [-0.2, 0) is 17.6 Å². The molecular formula is C15H19Cl3N2O2S. The van der Waals surface area contributed by atoms with Crippen molar-refractivity contribution in [2.45, 2.75) is 43.8 Å². The van der Waals surface area contributed by atoms with Crippen LogP contribution in [0.15, 0.2) is 0 Å². The molecule has 0 spiro atoms. The van der Waals surface area contributed by atoms with E-state index in [9.17, 15) is 9.59 Å². The van der Waals surface area contributed by atoms with E-state index in [1.165, 1.54) is 11.3 Å². The highest BCUT2D eigenvalue weighted by molar-refractivity contribution is 7.17. The van der Waals surface area contributed by atoms with Crippen molar-refractivity contribution in [3.05, 3.63) is 16.0 Å². The Hall–Kier alpha value is -0.490. The molecule has 0 aromatic carbocycles. The molecule has 0 radical (unpaired) electrons. The summed E-state index contributed by atoms with van der Waals surface area (Å²) < 4.78 is -2.09. The van der Waals surface area contributed by atoms with Crippen LogP contribution in [0, 0.1) is 11.3 Å². The lowest BCUT2D eigenvalue weighted by molar-refractivity contribution is -0.115. The SMILES string of the molecule is CC(C)(C)[C@@H]1CCc2c(sc(NC(=O)C(Cl)(Cl)Cl)c2C(N)=O)C1. The van der Waals surface area contributed by atoms with Crippen LogP contribution in [0.3, 0.4) is 0 Å². The molecule has 1 atom stereocenters. The number of anilines is 1. The predicted molar refractivity (Wildman–Crippen MR) is 96.7 cm³/mol. The van der Waals surface area contributed by atoms with Gasteiger partial charge in [0.1, 0.15) is 5.00 Å². The van der Waals surface area contributed by atoms with Gasteiger partial charge in [-0.15, -0.1) is 11.3 Å². The minimum atomic E-state index is -2.09. The average molecular weight is 398 g/mol. The van der Waals surface area contributed by atoms with Gasteiger partial charge in [0.25, 0.3) is 15.6 Å². The third-order valence-electron chi connectivity index (χ3n) is 4.22. The lowest BCUT2D eigenvalue weighted by Gasteiger charge is -2.33. The zero-order valence-corrected chi connectivity index (χ0v) is 16.2. The zero-order valence-electron chi connectivity index (χ0n) is 13.1. The summed E-state index contributed by atoms with van der Waals surface area (Å²) in [4.78, 5) is 24.8. The quantitative estimate of drug-likeness (QED) is 0.730. The summed E-state index contributed by atoms with van der Waals surface area (Å²) in [5, 5.41) is 2.89. The highest BCUT2D eigenvalue weighted by Gasteiger charge is 2.36. The number of rotatable bonds is 2. The fourth-order valence-electron chi connectivity index (χ4n) is 2.85. The Morgan fingerprint density at radius 3 is 2.35 bits per heavy atom. The van der Waals surface area contributed by atoms with E-state index < -0.39 is 15.6 Å². The highest BCUT2D eigenvalue weighted by atomic mass is 35.6. The van der Waals surface area contributed by atoms with Crippen molar-refractivity contribution in [1.82, 2.24) is 0 Å². The largest absolute Gasteiger partial charge is 0.365 e. The standard InChI is InChI=1S/C15H19Cl3N2O2S/c1-14(2,3)7-4-5-8-9(6-7)23-12(10(8)11(19)21)20-13(22)15(16,17)18/h7H,4-6H2,1-3H3,(H2,19,21)(H,20,22)/t7-/m1/s1. The van der Waals surface area contributed by atoms with Crippen LogP contribution in [0.5, 0.6) is 0 Å². The maximum absolute atomic E-state index is 11.9. The summed E-state index contributed by atoms with van der Waals surface area (Å²) in [5.41, 5.74) is 6.95. The van der Waals surface area contributed by atoms with Gasteiger partial charge in [0.15, 0.2) is 0 Å². The molecule has 0 unspecified atom stereocenters. The molecule has 3 N–H and O–H groups in total. The number of nitrogens with two attached hydrogens (primary N) is 1. The van der Waals surface area contributed by atoms with E-state index in [0.29, 0.717) is 16.5 Å². The number of hydrogen-bond donors (Lipinski definition) is 2. The summed E-state index contributed by atoms with van der Waals surface area (Å²) in [6.07, 6.45) is 2.59. The molecule has 1 aliphatic carbocycles. The number of amides is 2. The van der Waals surface area contributed by atoms with Crippen LogP contribution in [0.4, 0.5) is 5.00 Å². The smallest absolute Gasteiger partial charge is 0.277 e. The lowest BCUT2D eigenvalue weighted by Crippen LogP contribution is -2.28. The van der Waals surface area contributed by atoms with Gasteiger partial charge in [-0.25, -0.2) is 0 Å². The second-order valence-corrected chi connectivity index (χ2v) is 10.2. The minimum absolute atomic E-state index is 0.176. The van der Waals surface area contributed by atoms with Gasteiger partial charge in [0.2, 0.25) is 0 Å². The average Bonchev–Trinajstić information content (AvgIpc) is 2.73. The van der Waals surface area contributed by atoms with Gasteiger partial charge in [-0.1, -0.05) is 55.6 Å². The Morgan fingerprint density at radius 2 is 1.87 bits per heavy atom. The second kappa shape index (κ2) is 6.43. The van der Waals surface area contributed by atoms with Crippen LogP contribution in [0.25, 0.3) is 0 Å². The molecule has 1 aromatic heterocycles. The van der Waals surface area contributed by atoms with Gasteiger partial charge >= 0.3 is 0 Å². The molecule has 0 fully saturated rings. The number of halogens is 3. The van der Waals surface area contributed by atoms with Crippen LogP contribution in [0.2, 0.25) is 0 Å². The number of nitrogens with one attached hydrogen (secondary N) is 1. The van der Waals surface area contributed by atoms with Crippen molar-refractivity contribution in [3.63, 3.8) is 0 Å². The Morgan fingerprint density at radius 1 is 1.26 bits per heavy atom. The normalized spacial score (nSPS) is 18.4. The van der Waals surface area contributed by atoms with E-state index in [0.717, 1.165) is 29.7 Å². The Balaban J connectivity index is 2.37. The van der Waals surface area contributed by atoms with Gasteiger partial charge in [0, 0.05) is 4.88 Å². The first kappa shape index (κ1) is 18.8. The van der Waals surface area contributed by atoms with Crippen molar-refractivity contribution in [1.29, 1.82) is 0 Å². The van der Waals surface area contributed by atoms with Crippen LogP contribution >= 0.6 is 46.1 Å². The first-order valence-electron chi connectivity index (χ1n) is 7.23. The first-order valence-corrected chi connectivity index (χ1v) is 9.18. The molecule has 2 rings (SSSR count). The molecule has 128 valence electrons. The van der Waals surface area contributed by atoms with E-state index in [4.69, 9.17) is 40.5 Å². The topological polar surface area (TPSA) is 72.2 Å². The molecule has 0 saturated heterocycles. The molecular weight excluding hydrogens is 379 g/mol. The third kappa shape index (κ3) is 4.13. The summed E-state index contributed by atoms with van der Waals surface area (Å²) >= 11 is 18.1. The van der Waals surface area contributed by atoms with Gasteiger partial charge in [0.05, 0.1) is 5.56 Å². The van der Waals surface area contributed by atoms with Crippen LogP contribution < -0.4 is 11.1 Å². The summed E-state index contributed by atoms with van der Waals surface area (Å²) in [6.45, 7) is 6.62. The summed E-state index contributed by atoms with van der Waals surface area (Å²) in [6, 6.07) is 0. The molecule has 1 heterocycles. The van der Waals surface area contributed by atoms with Crippen molar-refractivity contribution >= 4 is 63.0 Å². The maximum Gasteiger partial charge on any atom is 0.277 e. The Kier molecular flexibility index (Phi) is 5.27. The molecule has 23 heavy (non-hydrogen) atoms. The number of primary amides is 1. The number of alkyl halides is 3. The van der Waals surface area contributed by atoms with Crippen LogP contribution in [-0.4, -0.2) is 15.6 Å². The molecule has 0 bridgehead atoms. The molecule has 0 aliphatic heterocycles. The fourth-order valence-corrected chi connectivity index (χ4v) is 4.32. The van der Waals surface area contributed by atoms with E-state index >= 15 is 0 Å². The molecule has 4 nitrogen and oxygen atoms in total. The van der Waals surface area contributed by atoms with E-state index in [2.05, 4.69) is 26.1 Å². The second-order valence-electron chi connectivity index (χ2n) is 6.83. The van der Waals surface area contributed by atoms with Gasteiger partial charge in [-0.3, -0.25) is 9.59 Å². The highest BCUT2D eigenvalue weighted by Crippen LogP contribution is 2.44. The zero-order chi connectivity index (χ0) is 17.6. The fraction of sp³-hybridized carbons (Fsp3) is 0.600.